The fourth-order valence-electron chi connectivity index (χ4n) is 2.52. The number of halogens is 1. The molecule has 0 amide bonds. The topological polar surface area (TPSA) is 33.1 Å². The van der Waals surface area contributed by atoms with Crippen LogP contribution in [0.5, 0.6) is 5.75 Å². The highest BCUT2D eigenvalue weighted by Crippen LogP contribution is 2.39. The molecule has 0 bridgehead atoms. The van der Waals surface area contributed by atoms with Crippen molar-refractivity contribution in [2.24, 2.45) is 0 Å². The molecule has 0 saturated carbocycles. The third-order valence-electron chi connectivity index (χ3n) is 3.77. The molecule has 3 rings (SSSR count). The van der Waals surface area contributed by atoms with Crippen LogP contribution in [-0.4, -0.2) is 10.1 Å². The van der Waals surface area contributed by atoms with Gasteiger partial charge in [0.05, 0.1) is 0 Å². The number of hydrogen-bond donors (Lipinski definition) is 1. The SMILES string of the molecule is CC.CC1=CC=C(C(F)c2ccc3cccnc3c2O)CC1. The molecule has 0 fully saturated rings. The first-order valence-corrected chi connectivity index (χ1v) is 7.73. The van der Waals surface area contributed by atoms with Crippen molar-refractivity contribution < 1.29 is 9.50 Å². The van der Waals surface area contributed by atoms with E-state index in [1.54, 1.807) is 24.4 Å². The third-order valence-corrected chi connectivity index (χ3v) is 3.77. The second-order valence-corrected chi connectivity index (χ2v) is 5.20. The van der Waals surface area contributed by atoms with E-state index in [1.807, 2.05) is 39.0 Å². The quantitative estimate of drug-likeness (QED) is 0.778. The van der Waals surface area contributed by atoms with Gasteiger partial charge in [0.2, 0.25) is 0 Å². The van der Waals surface area contributed by atoms with Crippen LogP contribution in [0.25, 0.3) is 10.9 Å². The maximum absolute atomic E-state index is 14.7. The maximum atomic E-state index is 14.7. The number of nitrogens with zero attached hydrogens (tertiary/aromatic N) is 1. The lowest BCUT2D eigenvalue weighted by molar-refractivity contribution is 0.367. The van der Waals surface area contributed by atoms with Crippen LogP contribution in [0.1, 0.15) is 45.3 Å². The lowest BCUT2D eigenvalue weighted by atomic mass is 9.92. The van der Waals surface area contributed by atoms with Crippen LogP contribution < -0.4 is 0 Å². The van der Waals surface area contributed by atoms with Crippen molar-refractivity contribution in [3.8, 4) is 5.75 Å². The number of aromatic nitrogens is 1. The molecular weight excluding hydrogens is 277 g/mol. The standard InChI is InChI=1S/C17H16FNO.C2H6/c1-11-4-6-12(7-5-11)15(18)14-9-8-13-3-2-10-19-16(13)17(14)20;1-2/h2-4,6,8-10,15,20H,5,7H2,1H3;1-2H3. The number of phenolic OH excluding ortho intramolecular Hbond substituents is 1. The largest absolute Gasteiger partial charge is 0.505 e. The van der Waals surface area contributed by atoms with E-state index in [2.05, 4.69) is 4.98 Å². The molecule has 116 valence electrons. The number of hydrogen-bond acceptors (Lipinski definition) is 2. The van der Waals surface area contributed by atoms with E-state index in [0.717, 1.165) is 11.8 Å². The lowest BCUT2D eigenvalue weighted by Crippen LogP contribution is -2.01. The number of aromatic hydroxyl groups is 1. The Bertz CT molecular complexity index is 718. The molecule has 1 heterocycles. The summed E-state index contributed by atoms with van der Waals surface area (Å²) in [7, 11) is 0. The number of pyridine rings is 1. The smallest absolute Gasteiger partial charge is 0.150 e. The van der Waals surface area contributed by atoms with Crippen molar-refractivity contribution in [1.82, 2.24) is 4.98 Å². The first kappa shape index (κ1) is 16.2. The highest BCUT2D eigenvalue weighted by molar-refractivity contribution is 5.85. The molecule has 3 heteroatoms. The molecule has 1 N–H and O–H groups in total. The van der Waals surface area contributed by atoms with Crippen LogP contribution in [0.3, 0.4) is 0 Å². The van der Waals surface area contributed by atoms with E-state index >= 15 is 0 Å². The Hall–Kier alpha value is -2.16. The van der Waals surface area contributed by atoms with Crippen molar-refractivity contribution in [3.63, 3.8) is 0 Å². The zero-order valence-electron chi connectivity index (χ0n) is 13.3. The summed E-state index contributed by atoms with van der Waals surface area (Å²) in [6.45, 7) is 6.04. The van der Waals surface area contributed by atoms with Gasteiger partial charge in [0.15, 0.2) is 6.17 Å². The molecule has 1 aliphatic rings. The molecule has 2 nitrogen and oxygen atoms in total. The van der Waals surface area contributed by atoms with E-state index in [9.17, 15) is 9.50 Å². The minimum atomic E-state index is -1.27. The van der Waals surface area contributed by atoms with Gasteiger partial charge in [-0.1, -0.05) is 49.8 Å². The average Bonchev–Trinajstić information content (AvgIpc) is 2.57. The minimum Gasteiger partial charge on any atom is -0.505 e. The summed E-state index contributed by atoms with van der Waals surface area (Å²) in [6, 6.07) is 7.10. The number of phenols is 1. The summed E-state index contributed by atoms with van der Waals surface area (Å²) in [6.07, 6.45) is 5.67. The monoisotopic (exact) mass is 299 g/mol. The maximum Gasteiger partial charge on any atom is 0.150 e. The van der Waals surface area contributed by atoms with Gasteiger partial charge in [-0.2, -0.15) is 0 Å². The Kier molecular flexibility index (Phi) is 5.31. The Morgan fingerprint density at radius 2 is 1.91 bits per heavy atom. The predicted octanol–water partition coefficient (Wildman–Crippen LogP) is 5.64. The fraction of sp³-hybridized carbons (Fsp3) is 0.316. The first-order chi connectivity index (χ1) is 10.7. The van der Waals surface area contributed by atoms with Gasteiger partial charge in [0.25, 0.3) is 0 Å². The summed E-state index contributed by atoms with van der Waals surface area (Å²) in [5.41, 5.74) is 2.72. The number of benzene rings is 1. The lowest BCUT2D eigenvalue weighted by Gasteiger charge is -2.18. The zero-order chi connectivity index (χ0) is 16.1. The summed E-state index contributed by atoms with van der Waals surface area (Å²) in [5, 5.41) is 11.1. The third kappa shape index (κ3) is 3.19. The molecule has 0 spiro atoms. The Morgan fingerprint density at radius 3 is 2.59 bits per heavy atom. The Morgan fingerprint density at radius 1 is 1.14 bits per heavy atom. The number of rotatable bonds is 2. The van der Waals surface area contributed by atoms with Crippen LogP contribution in [-0.2, 0) is 0 Å². The molecule has 22 heavy (non-hydrogen) atoms. The van der Waals surface area contributed by atoms with E-state index in [-0.39, 0.29) is 5.75 Å². The van der Waals surface area contributed by atoms with Crippen LogP contribution in [0.15, 0.2) is 53.8 Å². The minimum absolute atomic E-state index is 0.0530. The van der Waals surface area contributed by atoms with Crippen molar-refractivity contribution >= 4 is 10.9 Å². The summed E-state index contributed by atoms with van der Waals surface area (Å²) >= 11 is 0. The number of fused-ring (bicyclic) bond motifs is 1. The predicted molar refractivity (Wildman–Crippen MR) is 89.7 cm³/mol. The molecule has 1 unspecified atom stereocenters. The van der Waals surface area contributed by atoms with Gasteiger partial charge < -0.3 is 5.11 Å². The van der Waals surface area contributed by atoms with E-state index < -0.39 is 6.17 Å². The first-order valence-electron chi connectivity index (χ1n) is 7.73. The van der Waals surface area contributed by atoms with Gasteiger partial charge in [-0.3, -0.25) is 4.98 Å². The zero-order valence-corrected chi connectivity index (χ0v) is 13.3. The summed E-state index contributed by atoms with van der Waals surface area (Å²) in [4.78, 5) is 4.13. The van der Waals surface area contributed by atoms with Gasteiger partial charge in [-0.15, -0.1) is 0 Å². The van der Waals surface area contributed by atoms with Gasteiger partial charge in [-0.05, 0) is 31.4 Å². The van der Waals surface area contributed by atoms with Crippen LogP contribution in [0, 0.1) is 0 Å². The van der Waals surface area contributed by atoms with E-state index in [4.69, 9.17) is 0 Å². The fourth-order valence-corrected chi connectivity index (χ4v) is 2.52. The highest BCUT2D eigenvalue weighted by atomic mass is 19.1. The molecule has 1 atom stereocenters. The second kappa shape index (κ2) is 7.21. The number of allylic oxidation sites excluding steroid dienone is 4. The normalized spacial score (nSPS) is 15.5. The van der Waals surface area contributed by atoms with Crippen LogP contribution >= 0.6 is 0 Å². The van der Waals surface area contributed by atoms with Crippen molar-refractivity contribution in [3.05, 3.63) is 59.3 Å². The Labute approximate surface area is 131 Å². The molecule has 1 aromatic heterocycles. The second-order valence-electron chi connectivity index (χ2n) is 5.20. The van der Waals surface area contributed by atoms with Crippen molar-refractivity contribution in [2.45, 2.75) is 39.8 Å². The highest BCUT2D eigenvalue weighted by Gasteiger charge is 2.21. The molecule has 1 aliphatic carbocycles. The van der Waals surface area contributed by atoms with Crippen LogP contribution in [0.4, 0.5) is 4.39 Å². The van der Waals surface area contributed by atoms with Crippen molar-refractivity contribution in [2.75, 3.05) is 0 Å². The summed E-state index contributed by atoms with van der Waals surface area (Å²) in [5.74, 6) is -0.0530. The molecule has 2 aromatic rings. The van der Waals surface area contributed by atoms with Gasteiger partial charge in [0, 0.05) is 17.1 Å². The molecule has 0 saturated heterocycles. The van der Waals surface area contributed by atoms with Gasteiger partial charge >= 0.3 is 0 Å². The summed E-state index contributed by atoms with van der Waals surface area (Å²) < 4.78 is 14.7. The van der Waals surface area contributed by atoms with E-state index in [1.165, 1.54) is 5.57 Å². The van der Waals surface area contributed by atoms with Crippen molar-refractivity contribution in [1.29, 1.82) is 0 Å². The van der Waals surface area contributed by atoms with E-state index in [0.29, 0.717) is 23.1 Å². The van der Waals surface area contributed by atoms with Crippen LogP contribution in [0.2, 0.25) is 0 Å². The van der Waals surface area contributed by atoms with Gasteiger partial charge in [-0.25, -0.2) is 4.39 Å². The number of alkyl halides is 1. The molecule has 0 radical (unpaired) electrons. The Balaban J connectivity index is 0.000000847. The molecule has 0 aliphatic heterocycles. The van der Waals surface area contributed by atoms with Gasteiger partial charge in [0.1, 0.15) is 11.3 Å². The average molecular weight is 299 g/mol. The molecule has 1 aromatic carbocycles. The molecular formula is C19H22FNO.